The number of aliphatic imine (C=N–C) groups is 2. The fourth-order valence-corrected chi connectivity index (χ4v) is 6.29. The molecule has 3 aromatic rings. The smallest absolute Gasteiger partial charge is 0.259 e. The number of amidine groups is 2. The van der Waals surface area contributed by atoms with E-state index in [0.717, 1.165) is 30.1 Å². The fourth-order valence-electron chi connectivity index (χ4n) is 5.49. The van der Waals surface area contributed by atoms with Gasteiger partial charge in [-0.05, 0) is 61.9 Å². The minimum atomic E-state index is -0.686. The highest BCUT2D eigenvalue weighted by Gasteiger charge is 2.41. The first-order valence-electron chi connectivity index (χ1n) is 14.8. The zero-order valence-corrected chi connectivity index (χ0v) is 25.3. The van der Waals surface area contributed by atoms with Crippen molar-refractivity contribution in [3.05, 3.63) is 84.4 Å². The number of thioether (sulfide) groups is 1. The molecule has 0 spiro atoms. The van der Waals surface area contributed by atoms with Gasteiger partial charge in [0.1, 0.15) is 17.6 Å². The number of fused-ring (bicyclic) bond motifs is 3. The highest BCUT2D eigenvalue weighted by Crippen LogP contribution is 2.34. The summed E-state index contributed by atoms with van der Waals surface area (Å²) in [6, 6.07) is 24.2. The number of hydrogen-bond donors (Lipinski definition) is 1. The second-order valence-corrected chi connectivity index (χ2v) is 11.5. The second kappa shape index (κ2) is 13.3. The van der Waals surface area contributed by atoms with Crippen LogP contribution < -0.4 is 15.0 Å². The largest absolute Gasteiger partial charge is 0.494 e. The van der Waals surface area contributed by atoms with E-state index in [4.69, 9.17) is 14.7 Å². The molecule has 1 saturated heterocycles. The molecule has 3 amide bonds. The number of carbonyl (C=O) groups excluding carboxylic acids is 3. The highest BCUT2D eigenvalue weighted by molar-refractivity contribution is 8.14. The predicted molar refractivity (Wildman–Crippen MR) is 174 cm³/mol. The molecule has 0 bridgehead atoms. The first kappa shape index (κ1) is 29.4. The van der Waals surface area contributed by atoms with Crippen molar-refractivity contribution in [1.82, 2.24) is 9.80 Å². The van der Waals surface area contributed by atoms with E-state index in [1.54, 1.807) is 24.3 Å². The van der Waals surface area contributed by atoms with E-state index in [2.05, 4.69) is 22.3 Å². The molecular weight excluding hydrogens is 576 g/mol. The number of piperazine rings is 1. The van der Waals surface area contributed by atoms with Gasteiger partial charge in [0.15, 0.2) is 5.17 Å². The van der Waals surface area contributed by atoms with Crippen molar-refractivity contribution >= 4 is 57.5 Å². The SMILES string of the molecule is CCOc1ccc(NC(=O)CSC2=Nc3ccccc3C3=NC(CCC(=O)N4CCN(c5ccccc5)CC4)C(=O)N23)cc1. The molecule has 1 unspecified atom stereocenters. The van der Waals surface area contributed by atoms with Gasteiger partial charge in [0.05, 0.1) is 18.0 Å². The van der Waals surface area contributed by atoms with E-state index in [0.29, 0.717) is 48.5 Å². The van der Waals surface area contributed by atoms with Gasteiger partial charge in [-0.2, -0.15) is 0 Å². The summed E-state index contributed by atoms with van der Waals surface area (Å²) in [7, 11) is 0. The zero-order valence-electron chi connectivity index (χ0n) is 24.5. The molecule has 1 fully saturated rings. The Balaban J connectivity index is 1.07. The number of nitrogens with one attached hydrogen (secondary N) is 1. The number of anilines is 2. The molecule has 44 heavy (non-hydrogen) atoms. The summed E-state index contributed by atoms with van der Waals surface area (Å²) in [4.78, 5) is 54.7. The summed E-state index contributed by atoms with van der Waals surface area (Å²) in [5, 5.41) is 3.28. The van der Waals surface area contributed by atoms with Gasteiger partial charge in [-0.3, -0.25) is 19.4 Å². The van der Waals surface area contributed by atoms with E-state index in [1.165, 1.54) is 16.7 Å². The Morgan fingerprint density at radius 3 is 2.43 bits per heavy atom. The monoisotopic (exact) mass is 610 g/mol. The standard InChI is InChI=1S/C33H34N6O4S/c1-2-43-25-14-12-23(13-15-25)34-29(40)22-44-33-36-27-11-7-6-10-26(27)31-35-28(32(42)39(31)33)16-17-30(41)38-20-18-37(19-21-38)24-8-4-3-5-9-24/h3-15,28H,2,16-22H2,1H3,(H,34,40). The molecule has 1 atom stereocenters. The number of amides is 3. The summed E-state index contributed by atoms with van der Waals surface area (Å²) in [6.45, 7) is 5.32. The van der Waals surface area contributed by atoms with Crippen LogP contribution in [0.5, 0.6) is 5.75 Å². The maximum Gasteiger partial charge on any atom is 0.259 e. The molecule has 3 heterocycles. The van der Waals surface area contributed by atoms with Gasteiger partial charge < -0.3 is 19.9 Å². The first-order chi connectivity index (χ1) is 21.5. The number of para-hydroxylation sites is 2. The van der Waals surface area contributed by atoms with Crippen LogP contribution >= 0.6 is 11.8 Å². The molecule has 1 N–H and O–H groups in total. The molecule has 0 saturated carbocycles. The van der Waals surface area contributed by atoms with Crippen molar-refractivity contribution in [3.8, 4) is 5.75 Å². The summed E-state index contributed by atoms with van der Waals surface area (Å²) in [5.74, 6) is 0.892. The molecule has 226 valence electrons. The summed E-state index contributed by atoms with van der Waals surface area (Å²) in [6.07, 6.45) is 0.549. The van der Waals surface area contributed by atoms with Crippen LogP contribution in [0.2, 0.25) is 0 Å². The minimum absolute atomic E-state index is 0.0326. The van der Waals surface area contributed by atoms with Crippen molar-refractivity contribution in [1.29, 1.82) is 0 Å². The number of hydrogen-bond acceptors (Lipinski definition) is 8. The molecule has 6 rings (SSSR count). The normalized spacial score (nSPS) is 17.4. The molecule has 3 aromatic carbocycles. The van der Waals surface area contributed by atoms with Crippen LogP contribution in [0.25, 0.3) is 0 Å². The van der Waals surface area contributed by atoms with Crippen LogP contribution in [0.1, 0.15) is 25.3 Å². The Bertz CT molecular complexity index is 1590. The van der Waals surface area contributed by atoms with Crippen molar-refractivity contribution in [2.75, 3.05) is 48.8 Å². The lowest BCUT2D eigenvalue weighted by molar-refractivity contribution is -0.132. The number of rotatable bonds is 9. The molecule has 0 aromatic heterocycles. The van der Waals surface area contributed by atoms with Crippen LogP contribution in [-0.4, -0.2) is 83.1 Å². The maximum absolute atomic E-state index is 13.6. The van der Waals surface area contributed by atoms with E-state index < -0.39 is 6.04 Å². The summed E-state index contributed by atoms with van der Waals surface area (Å²) < 4.78 is 5.46. The predicted octanol–water partition coefficient (Wildman–Crippen LogP) is 4.54. The Morgan fingerprint density at radius 1 is 0.955 bits per heavy atom. The topological polar surface area (TPSA) is 107 Å². The maximum atomic E-state index is 13.6. The van der Waals surface area contributed by atoms with Gasteiger partial charge in [-0.1, -0.05) is 42.1 Å². The minimum Gasteiger partial charge on any atom is -0.494 e. The van der Waals surface area contributed by atoms with Gasteiger partial charge in [0.25, 0.3) is 5.91 Å². The number of nitrogens with zero attached hydrogens (tertiary/aromatic N) is 5. The Hall–Kier alpha value is -4.64. The average molecular weight is 611 g/mol. The van der Waals surface area contributed by atoms with Gasteiger partial charge >= 0.3 is 0 Å². The molecule has 0 radical (unpaired) electrons. The van der Waals surface area contributed by atoms with E-state index in [-0.39, 0.29) is 29.9 Å². The molecular formula is C33H34N6O4S. The van der Waals surface area contributed by atoms with Crippen molar-refractivity contribution in [2.45, 2.75) is 25.8 Å². The van der Waals surface area contributed by atoms with E-state index >= 15 is 0 Å². The van der Waals surface area contributed by atoms with Crippen molar-refractivity contribution < 1.29 is 19.1 Å². The third kappa shape index (κ3) is 6.47. The second-order valence-electron chi connectivity index (χ2n) is 10.6. The van der Waals surface area contributed by atoms with E-state index in [9.17, 15) is 14.4 Å². The van der Waals surface area contributed by atoms with Gasteiger partial charge in [-0.15, -0.1) is 0 Å². The quantitative estimate of drug-likeness (QED) is 0.381. The molecule has 11 heteroatoms. The van der Waals surface area contributed by atoms with Crippen molar-refractivity contribution in [2.24, 2.45) is 9.98 Å². The number of carbonyl (C=O) groups is 3. The molecule has 3 aliphatic rings. The summed E-state index contributed by atoms with van der Waals surface area (Å²) in [5.41, 5.74) is 3.27. The zero-order chi connectivity index (χ0) is 30.5. The Kier molecular flexibility index (Phi) is 8.92. The third-order valence-corrected chi connectivity index (χ3v) is 8.65. The van der Waals surface area contributed by atoms with Crippen LogP contribution in [0, 0.1) is 0 Å². The van der Waals surface area contributed by atoms with Gasteiger partial charge in [0, 0.05) is 49.5 Å². The third-order valence-electron chi connectivity index (χ3n) is 7.71. The highest BCUT2D eigenvalue weighted by atomic mass is 32.2. The van der Waals surface area contributed by atoms with Crippen LogP contribution in [0.3, 0.4) is 0 Å². The van der Waals surface area contributed by atoms with Crippen LogP contribution in [0.15, 0.2) is 88.8 Å². The summed E-state index contributed by atoms with van der Waals surface area (Å²) >= 11 is 1.18. The Morgan fingerprint density at radius 2 is 1.68 bits per heavy atom. The Labute approximate surface area is 260 Å². The van der Waals surface area contributed by atoms with Crippen LogP contribution in [-0.2, 0) is 14.4 Å². The van der Waals surface area contributed by atoms with Gasteiger partial charge in [-0.25, -0.2) is 9.89 Å². The van der Waals surface area contributed by atoms with Gasteiger partial charge in [0.2, 0.25) is 11.8 Å². The molecule has 0 aliphatic carbocycles. The first-order valence-corrected chi connectivity index (χ1v) is 15.8. The lowest BCUT2D eigenvalue weighted by Crippen LogP contribution is -2.49. The number of ether oxygens (including phenoxy) is 1. The number of benzene rings is 3. The van der Waals surface area contributed by atoms with Crippen LogP contribution in [0.4, 0.5) is 17.1 Å². The lowest BCUT2D eigenvalue weighted by atomic mass is 10.1. The lowest BCUT2D eigenvalue weighted by Gasteiger charge is -2.36. The molecule has 10 nitrogen and oxygen atoms in total. The van der Waals surface area contributed by atoms with E-state index in [1.807, 2.05) is 54.3 Å². The van der Waals surface area contributed by atoms with Crippen molar-refractivity contribution in [3.63, 3.8) is 0 Å². The molecule has 3 aliphatic heterocycles. The fraction of sp³-hybridized carbons (Fsp3) is 0.303. The average Bonchev–Trinajstić information content (AvgIpc) is 3.40.